The van der Waals surface area contributed by atoms with Gasteiger partial charge in [0.2, 0.25) is 5.91 Å². The number of phenols is 1. The maximum Gasteiger partial charge on any atom is 0.340 e. The predicted molar refractivity (Wildman–Crippen MR) is 101 cm³/mol. The summed E-state index contributed by atoms with van der Waals surface area (Å²) in [5.41, 5.74) is 2.17. The number of hydrogen-bond acceptors (Lipinski definition) is 4. The lowest BCUT2D eigenvalue weighted by molar-refractivity contribution is -0.120. The first-order valence-corrected chi connectivity index (χ1v) is 8.50. The summed E-state index contributed by atoms with van der Waals surface area (Å²) in [6.07, 6.45) is -0.127. The minimum absolute atomic E-state index is 0.0295. The van der Waals surface area contributed by atoms with Crippen LogP contribution in [0.3, 0.4) is 0 Å². The fourth-order valence-electron chi connectivity index (χ4n) is 2.93. The van der Waals surface area contributed by atoms with E-state index in [0.717, 1.165) is 11.1 Å². The van der Waals surface area contributed by atoms with Crippen LogP contribution in [0.4, 0.5) is 0 Å². The molecule has 6 heteroatoms. The third-order valence-corrected chi connectivity index (χ3v) is 4.45. The van der Waals surface area contributed by atoms with E-state index in [1.54, 1.807) is 44.2 Å². The van der Waals surface area contributed by atoms with Gasteiger partial charge in [0.25, 0.3) is 0 Å². The Morgan fingerprint density at radius 3 is 2.73 bits per heavy atom. The number of halogens is 1. The Balaban J connectivity index is 1.84. The molecule has 1 heterocycles. The molecule has 0 saturated heterocycles. The molecule has 26 heavy (non-hydrogen) atoms. The van der Waals surface area contributed by atoms with Crippen molar-refractivity contribution in [3.05, 3.63) is 74.1 Å². The second-order valence-electron chi connectivity index (χ2n) is 6.23. The van der Waals surface area contributed by atoms with Gasteiger partial charge in [0, 0.05) is 11.6 Å². The summed E-state index contributed by atoms with van der Waals surface area (Å²) < 4.78 is 5.30. The van der Waals surface area contributed by atoms with E-state index in [-0.39, 0.29) is 23.6 Å². The fourth-order valence-corrected chi connectivity index (χ4v) is 3.15. The molecule has 0 unspecified atom stereocenters. The van der Waals surface area contributed by atoms with Gasteiger partial charge >= 0.3 is 5.63 Å². The zero-order chi connectivity index (χ0) is 18.8. The monoisotopic (exact) mass is 371 g/mol. The zero-order valence-electron chi connectivity index (χ0n) is 14.4. The number of carbonyl (C=O) groups is 1. The number of hydrogen-bond donors (Lipinski definition) is 2. The summed E-state index contributed by atoms with van der Waals surface area (Å²) in [5.74, 6) is -0.284. The molecule has 2 N–H and O–H groups in total. The van der Waals surface area contributed by atoms with E-state index in [1.165, 1.54) is 0 Å². The van der Waals surface area contributed by atoms with Crippen LogP contribution < -0.4 is 10.9 Å². The van der Waals surface area contributed by atoms with Crippen LogP contribution in [0, 0.1) is 13.8 Å². The molecule has 0 fully saturated rings. The van der Waals surface area contributed by atoms with Crippen molar-refractivity contribution in [1.29, 1.82) is 0 Å². The lowest BCUT2D eigenvalue weighted by Gasteiger charge is -2.10. The lowest BCUT2D eigenvalue weighted by Crippen LogP contribution is -2.27. The largest absolute Gasteiger partial charge is 0.507 e. The number of benzene rings is 2. The van der Waals surface area contributed by atoms with Crippen molar-refractivity contribution in [3.8, 4) is 5.75 Å². The molecule has 0 spiro atoms. The summed E-state index contributed by atoms with van der Waals surface area (Å²) in [6, 6.07) is 10.5. The molecule has 2 aromatic carbocycles. The van der Waals surface area contributed by atoms with Gasteiger partial charge in [-0.15, -0.1) is 0 Å². The zero-order valence-corrected chi connectivity index (χ0v) is 15.2. The number of phenolic OH excluding ortho intramolecular Hbond substituents is 1. The van der Waals surface area contributed by atoms with Crippen LogP contribution in [0.2, 0.25) is 5.02 Å². The smallest absolute Gasteiger partial charge is 0.340 e. The maximum absolute atomic E-state index is 12.3. The molecular formula is C20H18ClNO4. The standard InChI is InChI=1S/C20H18ClNO4/c1-11-6-16(23)19-12(2)15(20(25)26-17(19)7-11)9-18(24)22-10-13-4-3-5-14(21)8-13/h3-8,23H,9-10H2,1-2H3,(H,22,24). The van der Waals surface area contributed by atoms with Crippen molar-refractivity contribution >= 4 is 28.5 Å². The van der Waals surface area contributed by atoms with E-state index < -0.39 is 5.63 Å². The van der Waals surface area contributed by atoms with Crippen LogP contribution in [-0.2, 0) is 17.8 Å². The van der Waals surface area contributed by atoms with Gasteiger partial charge in [-0.1, -0.05) is 23.7 Å². The molecule has 3 aromatic rings. The summed E-state index contributed by atoms with van der Waals surface area (Å²) >= 11 is 5.92. The molecule has 134 valence electrons. The van der Waals surface area contributed by atoms with E-state index in [4.69, 9.17) is 16.0 Å². The van der Waals surface area contributed by atoms with E-state index in [9.17, 15) is 14.7 Å². The Bertz CT molecular complexity index is 1060. The van der Waals surface area contributed by atoms with Crippen LogP contribution >= 0.6 is 11.6 Å². The normalized spacial score (nSPS) is 10.9. The molecule has 0 aliphatic heterocycles. The molecule has 1 aromatic heterocycles. The van der Waals surface area contributed by atoms with Crippen LogP contribution in [-0.4, -0.2) is 11.0 Å². The van der Waals surface area contributed by atoms with Crippen LogP contribution in [0.5, 0.6) is 5.75 Å². The van der Waals surface area contributed by atoms with Gasteiger partial charge in [-0.25, -0.2) is 4.79 Å². The lowest BCUT2D eigenvalue weighted by atomic mass is 10.0. The number of amides is 1. The van der Waals surface area contributed by atoms with Gasteiger partial charge in [-0.05, 0) is 54.8 Å². The van der Waals surface area contributed by atoms with Crippen molar-refractivity contribution in [3.63, 3.8) is 0 Å². The van der Waals surface area contributed by atoms with Gasteiger partial charge < -0.3 is 14.8 Å². The Morgan fingerprint density at radius 2 is 2.00 bits per heavy atom. The highest BCUT2D eigenvalue weighted by Gasteiger charge is 2.17. The van der Waals surface area contributed by atoms with Crippen LogP contribution in [0.15, 0.2) is 45.6 Å². The third kappa shape index (κ3) is 3.73. The van der Waals surface area contributed by atoms with E-state index >= 15 is 0 Å². The van der Waals surface area contributed by atoms with Gasteiger partial charge in [0.1, 0.15) is 11.3 Å². The van der Waals surface area contributed by atoms with Gasteiger partial charge in [0.05, 0.1) is 17.4 Å². The Labute approximate surface area is 155 Å². The molecule has 0 bridgehead atoms. The topological polar surface area (TPSA) is 79.5 Å². The molecule has 0 aliphatic rings. The number of aromatic hydroxyl groups is 1. The quantitative estimate of drug-likeness (QED) is 0.686. The SMILES string of the molecule is Cc1cc(O)c2c(C)c(CC(=O)NCc3cccc(Cl)c3)c(=O)oc2c1. The second kappa shape index (κ2) is 7.22. The summed E-state index contributed by atoms with van der Waals surface area (Å²) in [5, 5.41) is 14.0. The molecule has 0 atom stereocenters. The van der Waals surface area contributed by atoms with Gasteiger partial charge in [-0.3, -0.25) is 4.79 Å². The molecule has 0 radical (unpaired) electrons. The fraction of sp³-hybridized carbons (Fsp3) is 0.200. The van der Waals surface area contributed by atoms with E-state index in [2.05, 4.69) is 5.32 Å². The molecule has 3 rings (SSSR count). The number of nitrogens with one attached hydrogen (secondary N) is 1. The van der Waals surface area contributed by atoms with Crippen LogP contribution in [0.1, 0.15) is 22.3 Å². The number of aryl methyl sites for hydroxylation is 2. The van der Waals surface area contributed by atoms with E-state index in [0.29, 0.717) is 28.1 Å². The predicted octanol–water partition coefficient (Wildman–Crippen LogP) is 3.63. The Hall–Kier alpha value is -2.79. The Morgan fingerprint density at radius 1 is 1.23 bits per heavy atom. The third-order valence-electron chi connectivity index (χ3n) is 4.22. The first-order chi connectivity index (χ1) is 12.3. The van der Waals surface area contributed by atoms with Crippen molar-refractivity contribution in [1.82, 2.24) is 5.32 Å². The van der Waals surface area contributed by atoms with E-state index in [1.807, 2.05) is 6.07 Å². The van der Waals surface area contributed by atoms with Crippen molar-refractivity contribution in [2.45, 2.75) is 26.8 Å². The molecule has 1 amide bonds. The number of fused-ring (bicyclic) bond motifs is 1. The highest BCUT2D eigenvalue weighted by Crippen LogP contribution is 2.29. The van der Waals surface area contributed by atoms with Crippen LogP contribution in [0.25, 0.3) is 11.0 Å². The highest BCUT2D eigenvalue weighted by atomic mass is 35.5. The van der Waals surface area contributed by atoms with Gasteiger partial charge in [-0.2, -0.15) is 0 Å². The first-order valence-electron chi connectivity index (χ1n) is 8.12. The van der Waals surface area contributed by atoms with Gasteiger partial charge in [0.15, 0.2) is 0 Å². The summed E-state index contributed by atoms with van der Waals surface area (Å²) in [6.45, 7) is 3.81. The molecular weight excluding hydrogens is 354 g/mol. The minimum atomic E-state index is -0.571. The number of carbonyl (C=O) groups excluding carboxylic acids is 1. The Kier molecular flexibility index (Phi) is 5.00. The second-order valence-corrected chi connectivity index (χ2v) is 6.67. The highest BCUT2D eigenvalue weighted by molar-refractivity contribution is 6.30. The molecule has 0 aliphatic carbocycles. The average molecular weight is 372 g/mol. The van der Waals surface area contributed by atoms with Crippen molar-refractivity contribution < 1.29 is 14.3 Å². The summed E-state index contributed by atoms with van der Waals surface area (Å²) in [4.78, 5) is 24.5. The minimum Gasteiger partial charge on any atom is -0.507 e. The molecule has 0 saturated carbocycles. The van der Waals surface area contributed by atoms with Crippen molar-refractivity contribution in [2.75, 3.05) is 0 Å². The maximum atomic E-state index is 12.3. The van der Waals surface area contributed by atoms with Crippen molar-refractivity contribution in [2.24, 2.45) is 0 Å². The average Bonchev–Trinajstić information content (AvgIpc) is 2.56. The first kappa shape index (κ1) is 18.0. The molecule has 5 nitrogen and oxygen atoms in total. The number of rotatable bonds is 4. The summed E-state index contributed by atoms with van der Waals surface area (Å²) in [7, 11) is 0.